The van der Waals surface area contributed by atoms with Crippen molar-refractivity contribution in [3.8, 4) is 11.5 Å². The first-order chi connectivity index (χ1) is 14.2. The number of hydrogen-bond donors (Lipinski definition) is 4. The Kier molecular flexibility index (Phi) is 7.16. The summed E-state index contributed by atoms with van der Waals surface area (Å²) in [6.07, 6.45) is 6.68. The lowest BCUT2D eigenvalue weighted by atomic mass is 10.1. The first-order valence-electron chi connectivity index (χ1n) is 9.91. The van der Waals surface area contributed by atoms with Gasteiger partial charge in [0.2, 0.25) is 0 Å². The average Bonchev–Trinajstić information content (AvgIpc) is 3.24. The fourth-order valence-corrected chi connectivity index (χ4v) is 2.99. The number of ether oxygens (including phenoxy) is 1. The van der Waals surface area contributed by atoms with Gasteiger partial charge in [0.05, 0.1) is 16.9 Å². The highest BCUT2D eigenvalue weighted by molar-refractivity contribution is 5.92. The van der Waals surface area contributed by atoms with Crippen LogP contribution in [0.4, 0.5) is 11.4 Å². The van der Waals surface area contributed by atoms with E-state index in [0.29, 0.717) is 29.4 Å². The Morgan fingerprint density at radius 2 is 1.79 bits per heavy atom. The zero-order valence-electron chi connectivity index (χ0n) is 16.6. The molecule has 0 unspecified atom stereocenters. The molecule has 0 aliphatic rings. The van der Waals surface area contributed by atoms with Gasteiger partial charge in [-0.1, -0.05) is 31.5 Å². The van der Waals surface area contributed by atoms with E-state index in [1.165, 1.54) is 5.56 Å². The first kappa shape index (κ1) is 20.3. The number of anilines is 2. The Bertz CT molecular complexity index is 909. The average molecular weight is 393 g/mol. The highest BCUT2D eigenvalue weighted by atomic mass is 16.5. The SMILES string of the molecule is CCCCNc1cc(C(=O)O)cc(NCCc2cc[nH]c2)c1Oc1ccccc1. The Labute approximate surface area is 170 Å². The van der Waals surface area contributed by atoms with Gasteiger partial charge in [-0.3, -0.25) is 0 Å². The lowest BCUT2D eigenvalue weighted by molar-refractivity contribution is 0.0697. The molecule has 6 heteroatoms. The van der Waals surface area contributed by atoms with E-state index < -0.39 is 5.97 Å². The Morgan fingerprint density at radius 1 is 1.07 bits per heavy atom. The summed E-state index contributed by atoms with van der Waals surface area (Å²) >= 11 is 0. The van der Waals surface area contributed by atoms with Gasteiger partial charge in [-0.2, -0.15) is 0 Å². The molecule has 0 fully saturated rings. The van der Waals surface area contributed by atoms with Gasteiger partial charge in [0, 0.05) is 25.5 Å². The van der Waals surface area contributed by atoms with E-state index in [1.807, 2.05) is 48.8 Å². The van der Waals surface area contributed by atoms with Gasteiger partial charge in [-0.05, 0) is 48.7 Å². The Morgan fingerprint density at radius 3 is 2.41 bits per heavy atom. The molecule has 0 spiro atoms. The summed E-state index contributed by atoms with van der Waals surface area (Å²) in [5.41, 5.74) is 2.72. The Hall–Kier alpha value is -3.41. The predicted octanol–water partition coefficient (Wildman–Crippen LogP) is 5.37. The number of aromatic nitrogens is 1. The molecule has 0 saturated heterocycles. The number of nitrogens with one attached hydrogen (secondary N) is 3. The molecule has 0 bridgehead atoms. The van der Waals surface area contributed by atoms with Crippen molar-refractivity contribution in [1.29, 1.82) is 0 Å². The largest absolute Gasteiger partial charge is 0.478 e. The van der Waals surface area contributed by atoms with Crippen molar-refractivity contribution >= 4 is 17.3 Å². The maximum absolute atomic E-state index is 11.7. The third-order valence-electron chi connectivity index (χ3n) is 4.54. The minimum Gasteiger partial charge on any atom is -0.478 e. The predicted molar refractivity (Wildman–Crippen MR) is 116 cm³/mol. The van der Waals surface area contributed by atoms with Gasteiger partial charge in [-0.15, -0.1) is 0 Å². The number of carbonyl (C=O) groups is 1. The summed E-state index contributed by atoms with van der Waals surface area (Å²) in [4.78, 5) is 14.7. The highest BCUT2D eigenvalue weighted by Gasteiger charge is 2.16. The highest BCUT2D eigenvalue weighted by Crippen LogP contribution is 2.38. The molecule has 0 atom stereocenters. The molecule has 1 heterocycles. The monoisotopic (exact) mass is 393 g/mol. The van der Waals surface area contributed by atoms with E-state index in [0.717, 1.165) is 25.8 Å². The number of aromatic carboxylic acids is 1. The normalized spacial score (nSPS) is 10.5. The quantitative estimate of drug-likeness (QED) is 0.329. The molecular formula is C23H27N3O3. The molecule has 152 valence electrons. The van der Waals surface area contributed by atoms with Crippen molar-refractivity contribution in [3.63, 3.8) is 0 Å². The molecule has 0 aliphatic carbocycles. The van der Waals surface area contributed by atoms with Crippen molar-refractivity contribution in [1.82, 2.24) is 4.98 Å². The van der Waals surface area contributed by atoms with Crippen LogP contribution in [0.15, 0.2) is 60.9 Å². The summed E-state index contributed by atoms with van der Waals surface area (Å²) < 4.78 is 6.17. The van der Waals surface area contributed by atoms with E-state index in [-0.39, 0.29) is 5.56 Å². The first-order valence-corrected chi connectivity index (χ1v) is 9.91. The van der Waals surface area contributed by atoms with Crippen LogP contribution in [-0.4, -0.2) is 29.1 Å². The van der Waals surface area contributed by atoms with E-state index >= 15 is 0 Å². The summed E-state index contributed by atoms with van der Waals surface area (Å²) in [5.74, 6) is 0.331. The second-order valence-corrected chi connectivity index (χ2v) is 6.80. The number of unbranched alkanes of at least 4 members (excludes halogenated alkanes) is 1. The Balaban J connectivity index is 1.90. The summed E-state index contributed by atoms with van der Waals surface area (Å²) in [6, 6.07) is 14.8. The molecule has 29 heavy (non-hydrogen) atoms. The van der Waals surface area contributed by atoms with E-state index in [4.69, 9.17) is 4.74 Å². The van der Waals surface area contributed by atoms with Crippen LogP contribution in [0.3, 0.4) is 0 Å². The number of hydrogen-bond acceptors (Lipinski definition) is 4. The minimum absolute atomic E-state index is 0.216. The second-order valence-electron chi connectivity index (χ2n) is 6.80. The zero-order chi connectivity index (χ0) is 20.5. The second kappa shape index (κ2) is 10.2. The molecule has 1 aromatic heterocycles. The summed E-state index contributed by atoms with van der Waals surface area (Å²) in [7, 11) is 0. The van der Waals surface area contributed by atoms with E-state index in [2.05, 4.69) is 22.5 Å². The molecular weight excluding hydrogens is 366 g/mol. The standard InChI is InChI=1S/C23H27N3O3/c1-2-3-11-25-20-14-18(23(27)28)15-21(26-13-10-17-9-12-24-16-17)22(20)29-19-7-5-4-6-8-19/h4-9,12,14-16,24-26H,2-3,10-11,13H2,1H3,(H,27,28). The zero-order valence-corrected chi connectivity index (χ0v) is 16.6. The smallest absolute Gasteiger partial charge is 0.335 e. The number of benzene rings is 2. The molecule has 3 aromatic rings. The van der Waals surface area contributed by atoms with Crippen LogP contribution < -0.4 is 15.4 Å². The molecule has 6 nitrogen and oxygen atoms in total. The number of H-pyrrole nitrogens is 1. The molecule has 0 amide bonds. The van der Waals surface area contributed by atoms with E-state index in [1.54, 1.807) is 12.1 Å². The van der Waals surface area contributed by atoms with Crippen LogP contribution in [0.25, 0.3) is 0 Å². The summed E-state index contributed by atoms with van der Waals surface area (Å²) in [6.45, 7) is 3.51. The maximum atomic E-state index is 11.7. The van der Waals surface area contributed by atoms with Gasteiger partial charge in [-0.25, -0.2) is 4.79 Å². The lowest BCUT2D eigenvalue weighted by Crippen LogP contribution is -2.10. The van der Waals surface area contributed by atoms with Crippen molar-refractivity contribution < 1.29 is 14.6 Å². The van der Waals surface area contributed by atoms with Crippen LogP contribution in [0.5, 0.6) is 11.5 Å². The van der Waals surface area contributed by atoms with Crippen LogP contribution in [0.1, 0.15) is 35.7 Å². The fourth-order valence-electron chi connectivity index (χ4n) is 2.99. The number of para-hydroxylation sites is 1. The number of carboxylic acid groups (broad SMARTS) is 1. The van der Waals surface area contributed by atoms with Crippen LogP contribution in [0.2, 0.25) is 0 Å². The van der Waals surface area contributed by atoms with Gasteiger partial charge in [0.15, 0.2) is 5.75 Å². The van der Waals surface area contributed by atoms with Crippen molar-refractivity contribution in [2.45, 2.75) is 26.2 Å². The van der Waals surface area contributed by atoms with Gasteiger partial charge >= 0.3 is 5.97 Å². The minimum atomic E-state index is -0.969. The van der Waals surface area contributed by atoms with E-state index in [9.17, 15) is 9.90 Å². The van der Waals surface area contributed by atoms with Crippen molar-refractivity contribution in [2.75, 3.05) is 23.7 Å². The van der Waals surface area contributed by atoms with Crippen molar-refractivity contribution in [2.24, 2.45) is 0 Å². The number of rotatable bonds is 11. The molecule has 0 saturated carbocycles. The molecule has 0 aliphatic heterocycles. The van der Waals surface area contributed by atoms with Crippen LogP contribution in [-0.2, 0) is 6.42 Å². The number of aromatic amines is 1. The third kappa shape index (κ3) is 5.78. The molecule has 4 N–H and O–H groups in total. The molecule has 2 aromatic carbocycles. The van der Waals surface area contributed by atoms with Gasteiger partial charge in [0.25, 0.3) is 0 Å². The maximum Gasteiger partial charge on any atom is 0.335 e. The van der Waals surface area contributed by atoms with Crippen LogP contribution in [0, 0.1) is 0 Å². The summed E-state index contributed by atoms with van der Waals surface area (Å²) in [5, 5.41) is 16.3. The third-order valence-corrected chi connectivity index (χ3v) is 4.54. The van der Waals surface area contributed by atoms with Gasteiger partial charge in [0.1, 0.15) is 5.75 Å². The van der Waals surface area contributed by atoms with Crippen LogP contribution >= 0.6 is 0 Å². The molecule has 3 rings (SSSR count). The van der Waals surface area contributed by atoms with Gasteiger partial charge < -0.3 is 25.5 Å². The fraction of sp³-hybridized carbons (Fsp3) is 0.261. The van der Waals surface area contributed by atoms with Crippen molar-refractivity contribution in [3.05, 3.63) is 72.1 Å². The lowest BCUT2D eigenvalue weighted by Gasteiger charge is -2.19. The molecule has 0 radical (unpaired) electrons. The topological polar surface area (TPSA) is 86.4 Å². The number of carboxylic acids is 1.